The maximum absolute atomic E-state index is 12.2. The standard InChI is InChI=1S/C21H22N2O3/c1-3-12-23-20(24)19(22-21(23)25)13-16-8-10-18(11-9-16)26-14-17-6-4-15(2)5-7-17/h4-11,13H,3,12,14H2,1-2H3,(H,22,25)/b19-13+. The van der Waals surface area contributed by atoms with Crippen LogP contribution in [0.4, 0.5) is 4.79 Å². The molecular weight excluding hydrogens is 328 g/mol. The zero-order valence-corrected chi connectivity index (χ0v) is 15.0. The first-order chi connectivity index (χ1) is 12.6. The van der Waals surface area contributed by atoms with Crippen molar-refractivity contribution < 1.29 is 14.3 Å². The van der Waals surface area contributed by atoms with Crippen molar-refractivity contribution in [2.24, 2.45) is 0 Å². The number of nitrogens with zero attached hydrogens (tertiary/aromatic N) is 1. The summed E-state index contributed by atoms with van der Waals surface area (Å²) in [6.07, 6.45) is 2.42. The molecule has 1 saturated heterocycles. The molecule has 0 unspecified atom stereocenters. The van der Waals surface area contributed by atoms with Gasteiger partial charge in [0.25, 0.3) is 5.91 Å². The number of rotatable bonds is 6. The third kappa shape index (κ3) is 4.11. The summed E-state index contributed by atoms with van der Waals surface area (Å²) in [5.41, 5.74) is 3.46. The Balaban J connectivity index is 1.63. The molecule has 1 N–H and O–H groups in total. The van der Waals surface area contributed by atoms with Crippen molar-refractivity contribution in [3.05, 3.63) is 70.9 Å². The Kier molecular flexibility index (Phi) is 5.37. The lowest BCUT2D eigenvalue weighted by Gasteiger charge is -2.08. The molecule has 26 heavy (non-hydrogen) atoms. The van der Waals surface area contributed by atoms with Crippen LogP contribution in [0.15, 0.2) is 54.2 Å². The summed E-state index contributed by atoms with van der Waals surface area (Å²) in [5.74, 6) is 0.471. The van der Waals surface area contributed by atoms with E-state index in [1.165, 1.54) is 10.5 Å². The molecule has 0 saturated carbocycles. The van der Waals surface area contributed by atoms with Crippen molar-refractivity contribution in [2.45, 2.75) is 26.9 Å². The van der Waals surface area contributed by atoms with Crippen LogP contribution in [0.3, 0.4) is 0 Å². The molecule has 2 aromatic rings. The van der Waals surface area contributed by atoms with Crippen molar-refractivity contribution in [2.75, 3.05) is 6.54 Å². The number of ether oxygens (including phenoxy) is 1. The van der Waals surface area contributed by atoms with Crippen LogP contribution in [0.2, 0.25) is 0 Å². The van der Waals surface area contributed by atoms with Gasteiger partial charge in [-0.1, -0.05) is 48.9 Å². The normalized spacial score (nSPS) is 15.5. The van der Waals surface area contributed by atoms with Crippen LogP contribution in [0.25, 0.3) is 6.08 Å². The molecule has 0 bridgehead atoms. The van der Waals surface area contributed by atoms with Crippen LogP contribution in [-0.4, -0.2) is 23.4 Å². The summed E-state index contributed by atoms with van der Waals surface area (Å²) in [6, 6.07) is 15.3. The second-order valence-corrected chi connectivity index (χ2v) is 6.29. The minimum absolute atomic E-state index is 0.281. The van der Waals surface area contributed by atoms with E-state index in [0.717, 1.165) is 23.3 Å². The molecule has 0 spiro atoms. The monoisotopic (exact) mass is 350 g/mol. The smallest absolute Gasteiger partial charge is 0.329 e. The number of aryl methyl sites for hydroxylation is 1. The minimum Gasteiger partial charge on any atom is -0.489 e. The van der Waals surface area contributed by atoms with Crippen molar-refractivity contribution in [3.8, 4) is 5.75 Å². The van der Waals surface area contributed by atoms with Crippen molar-refractivity contribution in [1.29, 1.82) is 0 Å². The van der Waals surface area contributed by atoms with Gasteiger partial charge in [0.2, 0.25) is 0 Å². The highest BCUT2D eigenvalue weighted by molar-refractivity contribution is 6.13. The van der Waals surface area contributed by atoms with Gasteiger partial charge in [0.05, 0.1) is 0 Å². The Morgan fingerprint density at radius 1 is 1.04 bits per heavy atom. The predicted octanol–water partition coefficient (Wildman–Crippen LogP) is 3.88. The number of hydrogen-bond acceptors (Lipinski definition) is 3. The van der Waals surface area contributed by atoms with Gasteiger partial charge in [0, 0.05) is 6.54 Å². The van der Waals surface area contributed by atoms with Gasteiger partial charge >= 0.3 is 6.03 Å². The average molecular weight is 350 g/mol. The topological polar surface area (TPSA) is 58.6 Å². The summed E-state index contributed by atoms with van der Waals surface area (Å²) in [5, 5.41) is 2.62. The van der Waals surface area contributed by atoms with Gasteiger partial charge in [-0.3, -0.25) is 9.69 Å². The van der Waals surface area contributed by atoms with Gasteiger partial charge in [-0.2, -0.15) is 0 Å². The molecule has 2 aromatic carbocycles. The second kappa shape index (κ2) is 7.87. The molecule has 5 nitrogen and oxygen atoms in total. The van der Waals surface area contributed by atoms with Gasteiger partial charge in [0.15, 0.2) is 0 Å². The van der Waals surface area contributed by atoms with Crippen LogP contribution in [-0.2, 0) is 11.4 Å². The molecule has 3 rings (SSSR count). The highest BCUT2D eigenvalue weighted by atomic mass is 16.5. The van der Waals surface area contributed by atoms with E-state index >= 15 is 0 Å². The average Bonchev–Trinajstić information content (AvgIpc) is 2.90. The second-order valence-electron chi connectivity index (χ2n) is 6.29. The Morgan fingerprint density at radius 3 is 2.38 bits per heavy atom. The number of carbonyl (C=O) groups excluding carboxylic acids is 2. The molecule has 1 heterocycles. The molecule has 134 valence electrons. The number of nitrogens with one attached hydrogen (secondary N) is 1. The molecule has 1 aliphatic rings. The highest BCUT2D eigenvalue weighted by Gasteiger charge is 2.32. The van der Waals surface area contributed by atoms with Crippen LogP contribution < -0.4 is 10.1 Å². The van der Waals surface area contributed by atoms with Gasteiger partial charge in [-0.25, -0.2) is 4.79 Å². The van der Waals surface area contributed by atoms with Crippen LogP contribution in [0.5, 0.6) is 5.75 Å². The van der Waals surface area contributed by atoms with E-state index in [1.807, 2.05) is 43.3 Å². The van der Waals surface area contributed by atoms with E-state index in [2.05, 4.69) is 24.4 Å². The zero-order chi connectivity index (χ0) is 18.5. The van der Waals surface area contributed by atoms with Crippen LogP contribution in [0, 0.1) is 6.92 Å². The van der Waals surface area contributed by atoms with Crippen molar-refractivity contribution in [3.63, 3.8) is 0 Å². The lowest BCUT2D eigenvalue weighted by molar-refractivity contribution is -0.122. The van der Waals surface area contributed by atoms with Gasteiger partial charge in [0.1, 0.15) is 18.1 Å². The quantitative estimate of drug-likeness (QED) is 0.635. The molecule has 0 aliphatic carbocycles. The molecule has 3 amide bonds. The lowest BCUT2D eigenvalue weighted by atomic mass is 10.1. The van der Waals surface area contributed by atoms with Crippen LogP contribution >= 0.6 is 0 Å². The summed E-state index contributed by atoms with van der Waals surface area (Å²) >= 11 is 0. The van der Waals surface area contributed by atoms with Crippen molar-refractivity contribution >= 4 is 18.0 Å². The molecule has 0 aromatic heterocycles. The number of hydrogen-bond donors (Lipinski definition) is 1. The third-order valence-electron chi connectivity index (χ3n) is 4.13. The van der Waals surface area contributed by atoms with E-state index in [9.17, 15) is 9.59 Å². The summed E-state index contributed by atoms with van der Waals surface area (Å²) < 4.78 is 5.78. The lowest BCUT2D eigenvalue weighted by Crippen LogP contribution is -2.31. The van der Waals surface area contributed by atoms with Crippen molar-refractivity contribution in [1.82, 2.24) is 10.2 Å². The van der Waals surface area contributed by atoms with E-state index < -0.39 is 0 Å². The molecule has 1 fully saturated rings. The molecule has 5 heteroatoms. The summed E-state index contributed by atoms with van der Waals surface area (Å²) in [6.45, 7) is 4.91. The summed E-state index contributed by atoms with van der Waals surface area (Å²) in [4.78, 5) is 25.2. The molecular formula is C21H22N2O3. The Bertz CT molecular complexity index is 823. The molecule has 0 radical (unpaired) electrons. The fourth-order valence-electron chi connectivity index (χ4n) is 2.68. The number of benzene rings is 2. The van der Waals surface area contributed by atoms with Gasteiger partial charge in [-0.15, -0.1) is 0 Å². The first-order valence-corrected chi connectivity index (χ1v) is 8.70. The van der Waals surface area contributed by atoms with E-state index in [4.69, 9.17) is 4.74 Å². The van der Waals surface area contributed by atoms with E-state index in [1.54, 1.807) is 6.08 Å². The zero-order valence-electron chi connectivity index (χ0n) is 15.0. The fraction of sp³-hybridized carbons (Fsp3) is 0.238. The van der Waals surface area contributed by atoms with E-state index in [-0.39, 0.29) is 11.9 Å². The fourth-order valence-corrected chi connectivity index (χ4v) is 2.68. The number of carbonyl (C=O) groups is 2. The number of amides is 3. The maximum atomic E-state index is 12.2. The first kappa shape index (κ1) is 17.7. The Morgan fingerprint density at radius 2 is 1.73 bits per heavy atom. The minimum atomic E-state index is -0.360. The molecule has 1 aliphatic heterocycles. The maximum Gasteiger partial charge on any atom is 0.329 e. The third-order valence-corrected chi connectivity index (χ3v) is 4.13. The number of urea groups is 1. The Labute approximate surface area is 153 Å². The largest absolute Gasteiger partial charge is 0.489 e. The number of imide groups is 1. The van der Waals surface area contributed by atoms with Gasteiger partial charge in [-0.05, 0) is 42.7 Å². The van der Waals surface area contributed by atoms with Crippen LogP contribution in [0.1, 0.15) is 30.0 Å². The highest BCUT2D eigenvalue weighted by Crippen LogP contribution is 2.18. The summed E-state index contributed by atoms with van der Waals surface area (Å²) in [7, 11) is 0. The van der Waals surface area contributed by atoms with E-state index in [0.29, 0.717) is 18.8 Å². The predicted molar refractivity (Wildman–Crippen MR) is 100 cm³/mol. The molecule has 0 atom stereocenters. The first-order valence-electron chi connectivity index (χ1n) is 8.70. The van der Waals surface area contributed by atoms with Gasteiger partial charge < -0.3 is 10.1 Å². The Hall–Kier alpha value is -3.08. The SMILES string of the molecule is CCCN1C(=O)N/C(=C/c2ccc(OCc3ccc(C)cc3)cc2)C1=O.